The van der Waals surface area contributed by atoms with Gasteiger partial charge in [0, 0.05) is 25.9 Å². The highest BCUT2D eigenvalue weighted by atomic mass is 16.7. The Morgan fingerprint density at radius 1 is 1.14 bits per heavy atom. The summed E-state index contributed by atoms with van der Waals surface area (Å²) in [6.45, 7) is -0.264. The zero-order valence-corrected chi connectivity index (χ0v) is 12.4. The smallest absolute Gasteiger partial charge is 0.186 e. The van der Waals surface area contributed by atoms with Crippen LogP contribution in [0.25, 0.3) is 0 Å². The summed E-state index contributed by atoms with van der Waals surface area (Å²) in [5.41, 5.74) is 0. The Labute approximate surface area is 129 Å². The molecule has 2 unspecified atom stereocenters. The maximum Gasteiger partial charge on any atom is 0.186 e. The molecule has 1 aliphatic rings. The fourth-order valence-corrected chi connectivity index (χ4v) is 2.17. The number of hydrogen-bond donors (Lipinski definition) is 4. The first-order valence-electron chi connectivity index (χ1n) is 7.38. The summed E-state index contributed by atoms with van der Waals surface area (Å²) in [6.07, 6.45) is 1.20. The van der Waals surface area contributed by atoms with Gasteiger partial charge >= 0.3 is 0 Å². The quantitative estimate of drug-likeness (QED) is 0.317. The Morgan fingerprint density at radius 2 is 1.86 bits per heavy atom. The van der Waals surface area contributed by atoms with Crippen LogP contribution in [-0.2, 0) is 14.3 Å². The van der Waals surface area contributed by atoms with Crippen LogP contribution in [0.15, 0.2) is 0 Å². The highest BCUT2D eigenvalue weighted by Gasteiger charge is 2.43. The lowest BCUT2D eigenvalue weighted by Crippen LogP contribution is -2.59. The Balaban J connectivity index is 2.24. The van der Waals surface area contributed by atoms with E-state index in [0.29, 0.717) is 32.1 Å². The molecule has 0 spiro atoms. The summed E-state index contributed by atoms with van der Waals surface area (Å²) in [5, 5.41) is 38.0. The average molecular weight is 316 g/mol. The zero-order valence-electron chi connectivity index (χ0n) is 12.4. The van der Waals surface area contributed by atoms with Crippen molar-refractivity contribution in [1.82, 2.24) is 0 Å². The molecule has 0 aliphatic carbocycles. The summed E-state index contributed by atoms with van der Waals surface area (Å²) in [7, 11) is 0. The SMILES string of the molecule is C#CCCC(=O)CCCCO[C@@H]1OC(CO)[C@H](O)[C@H](O)C1O. The molecule has 0 aromatic rings. The van der Waals surface area contributed by atoms with Gasteiger partial charge in [-0.05, 0) is 12.8 Å². The van der Waals surface area contributed by atoms with Gasteiger partial charge in [-0.25, -0.2) is 0 Å². The topological polar surface area (TPSA) is 116 Å². The fraction of sp³-hybridized carbons (Fsp3) is 0.800. The minimum Gasteiger partial charge on any atom is -0.394 e. The van der Waals surface area contributed by atoms with E-state index in [1.165, 1.54) is 0 Å². The van der Waals surface area contributed by atoms with E-state index in [1.54, 1.807) is 0 Å². The molecule has 22 heavy (non-hydrogen) atoms. The summed E-state index contributed by atoms with van der Waals surface area (Å²) >= 11 is 0. The van der Waals surface area contributed by atoms with Crippen LogP contribution < -0.4 is 0 Å². The van der Waals surface area contributed by atoms with Gasteiger partial charge < -0.3 is 29.9 Å². The molecule has 126 valence electrons. The second kappa shape index (κ2) is 9.90. The first kappa shape index (κ1) is 19.0. The van der Waals surface area contributed by atoms with Crippen molar-refractivity contribution in [1.29, 1.82) is 0 Å². The predicted octanol–water partition coefficient (Wildman–Crippen LogP) is -1.04. The maximum absolute atomic E-state index is 11.4. The van der Waals surface area contributed by atoms with Crippen molar-refractivity contribution < 1.29 is 34.7 Å². The molecular formula is C15H24O7. The van der Waals surface area contributed by atoms with Gasteiger partial charge in [0.1, 0.15) is 30.2 Å². The van der Waals surface area contributed by atoms with Gasteiger partial charge in [0.15, 0.2) is 6.29 Å². The Kier molecular flexibility index (Phi) is 8.56. The van der Waals surface area contributed by atoms with Crippen molar-refractivity contribution in [2.75, 3.05) is 13.2 Å². The van der Waals surface area contributed by atoms with Gasteiger partial charge in [-0.2, -0.15) is 0 Å². The summed E-state index contributed by atoms with van der Waals surface area (Å²) in [6, 6.07) is 0. The number of rotatable bonds is 9. The van der Waals surface area contributed by atoms with Crippen LogP contribution >= 0.6 is 0 Å². The number of carbonyl (C=O) groups excluding carboxylic acids is 1. The third-order valence-corrected chi connectivity index (χ3v) is 3.53. The molecule has 0 radical (unpaired) electrons. The molecule has 4 N–H and O–H groups in total. The van der Waals surface area contributed by atoms with E-state index in [-0.39, 0.29) is 12.4 Å². The molecule has 7 nitrogen and oxygen atoms in total. The van der Waals surface area contributed by atoms with Crippen LogP contribution in [0.2, 0.25) is 0 Å². The van der Waals surface area contributed by atoms with E-state index >= 15 is 0 Å². The lowest BCUT2D eigenvalue weighted by molar-refractivity contribution is -0.301. The van der Waals surface area contributed by atoms with Crippen molar-refractivity contribution in [2.24, 2.45) is 0 Å². The molecule has 0 aromatic heterocycles. The number of Topliss-reactive ketones (excluding diaryl/α,β-unsaturated/α-hetero) is 1. The lowest BCUT2D eigenvalue weighted by Gasteiger charge is -2.39. The van der Waals surface area contributed by atoms with Crippen LogP contribution in [0.5, 0.6) is 0 Å². The van der Waals surface area contributed by atoms with Gasteiger partial charge in [-0.15, -0.1) is 12.3 Å². The molecule has 1 heterocycles. The molecule has 1 fully saturated rings. The monoisotopic (exact) mass is 316 g/mol. The standard InChI is InChI=1S/C15H24O7/c1-2-3-6-10(17)7-4-5-8-21-15-14(20)13(19)12(18)11(9-16)22-15/h1,11-16,18-20H,3-9H2/t11?,12-,13-,14?,15+/m0/s1. The summed E-state index contributed by atoms with van der Waals surface area (Å²) in [4.78, 5) is 11.4. The lowest BCUT2D eigenvalue weighted by atomic mass is 9.99. The number of ether oxygens (including phenoxy) is 2. The third-order valence-electron chi connectivity index (χ3n) is 3.53. The molecule has 0 bridgehead atoms. The van der Waals surface area contributed by atoms with Gasteiger partial charge in [-0.3, -0.25) is 4.79 Å². The zero-order chi connectivity index (χ0) is 16.5. The van der Waals surface area contributed by atoms with E-state index in [0.717, 1.165) is 0 Å². The normalized spacial score (nSPS) is 31.7. The van der Waals surface area contributed by atoms with E-state index < -0.39 is 37.3 Å². The number of carbonyl (C=O) groups is 1. The maximum atomic E-state index is 11.4. The van der Waals surface area contributed by atoms with Crippen LogP contribution in [0.4, 0.5) is 0 Å². The third kappa shape index (κ3) is 5.65. The van der Waals surface area contributed by atoms with Gasteiger partial charge in [-0.1, -0.05) is 0 Å². The first-order valence-corrected chi connectivity index (χ1v) is 7.38. The Bertz CT molecular complexity index is 377. The number of terminal acetylenes is 1. The van der Waals surface area contributed by atoms with Crippen LogP contribution in [0.1, 0.15) is 32.1 Å². The van der Waals surface area contributed by atoms with Crippen molar-refractivity contribution in [3.05, 3.63) is 0 Å². The highest BCUT2D eigenvalue weighted by molar-refractivity contribution is 5.78. The molecule has 1 saturated heterocycles. The van der Waals surface area contributed by atoms with Crippen molar-refractivity contribution in [3.63, 3.8) is 0 Å². The second-order valence-electron chi connectivity index (χ2n) is 5.27. The Hall–Kier alpha value is -1.01. The van der Waals surface area contributed by atoms with Crippen LogP contribution in [0.3, 0.4) is 0 Å². The highest BCUT2D eigenvalue weighted by Crippen LogP contribution is 2.22. The largest absolute Gasteiger partial charge is 0.394 e. The number of unbranched alkanes of at least 4 members (excludes halogenated alkanes) is 1. The molecule has 0 saturated carbocycles. The van der Waals surface area contributed by atoms with E-state index in [9.17, 15) is 20.1 Å². The molecule has 5 atom stereocenters. The predicted molar refractivity (Wildman–Crippen MR) is 76.6 cm³/mol. The van der Waals surface area contributed by atoms with Crippen LogP contribution in [0, 0.1) is 12.3 Å². The van der Waals surface area contributed by atoms with Crippen molar-refractivity contribution >= 4 is 5.78 Å². The summed E-state index contributed by atoms with van der Waals surface area (Å²) < 4.78 is 10.5. The van der Waals surface area contributed by atoms with Crippen molar-refractivity contribution in [2.45, 2.75) is 62.8 Å². The van der Waals surface area contributed by atoms with Gasteiger partial charge in [0.05, 0.1) is 6.61 Å². The average Bonchev–Trinajstić information content (AvgIpc) is 2.52. The number of aliphatic hydroxyl groups is 4. The van der Waals surface area contributed by atoms with E-state index in [4.69, 9.17) is 21.0 Å². The van der Waals surface area contributed by atoms with Gasteiger partial charge in [0.2, 0.25) is 0 Å². The molecule has 7 heteroatoms. The minimum absolute atomic E-state index is 0.103. The van der Waals surface area contributed by atoms with Crippen molar-refractivity contribution in [3.8, 4) is 12.3 Å². The fourth-order valence-electron chi connectivity index (χ4n) is 2.17. The van der Waals surface area contributed by atoms with E-state index in [1.807, 2.05) is 0 Å². The second-order valence-corrected chi connectivity index (χ2v) is 5.27. The molecule has 0 amide bonds. The summed E-state index contributed by atoms with van der Waals surface area (Å²) in [5.74, 6) is 2.51. The minimum atomic E-state index is -1.44. The first-order chi connectivity index (χ1) is 10.5. The molecular weight excluding hydrogens is 292 g/mol. The molecule has 1 rings (SSSR count). The number of aliphatic hydroxyl groups excluding tert-OH is 4. The molecule has 1 aliphatic heterocycles. The van der Waals surface area contributed by atoms with E-state index in [2.05, 4.69) is 5.92 Å². The number of ketones is 1. The van der Waals surface area contributed by atoms with Crippen LogP contribution in [-0.4, -0.2) is 70.1 Å². The number of hydrogen-bond acceptors (Lipinski definition) is 7. The Morgan fingerprint density at radius 3 is 2.50 bits per heavy atom. The van der Waals surface area contributed by atoms with Gasteiger partial charge in [0.25, 0.3) is 0 Å². The molecule has 0 aromatic carbocycles.